The number of nitrogens with zero attached hydrogens (tertiary/aromatic N) is 2. The van der Waals surface area contributed by atoms with Crippen LogP contribution in [0.4, 0.5) is 17.2 Å². The van der Waals surface area contributed by atoms with E-state index in [1.54, 1.807) is 0 Å². The Morgan fingerprint density at radius 1 is 0.372 bits per heavy atom. The van der Waals surface area contributed by atoms with Crippen molar-refractivity contribution >= 4 is 49.6 Å². The molecule has 0 saturated heterocycles. The van der Waals surface area contributed by atoms with Gasteiger partial charge in [-0.1, -0.05) is 146 Å². The Balaban J connectivity index is 1.50. The van der Waals surface area contributed by atoms with Crippen molar-refractivity contribution in [1.82, 2.24) is 4.98 Å². The summed E-state index contributed by atoms with van der Waals surface area (Å²) in [5.74, 6) is 0.912. The normalized spacial score (nSPS) is 11.3. The van der Waals surface area contributed by atoms with E-state index in [0.29, 0.717) is 0 Å². The number of hydrogen-bond donors (Lipinski definition) is 0. The molecule has 0 saturated carbocycles. The van der Waals surface area contributed by atoms with Gasteiger partial charge < -0.3 is 0 Å². The maximum absolute atomic E-state index is 5.40. The van der Waals surface area contributed by atoms with Gasteiger partial charge in [-0.25, -0.2) is 4.98 Å². The highest BCUT2D eigenvalue weighted by atomic mass is 15.2. The van der Waals surface area contributed by atoms with E-state index < -0.39 is 0 Å². The summed E-state index contributed by atoms with van der Waals surface area (Å²) < 4.78 is 0. The van der Waals surface area contributed by atoms with Crippen molar-refractivity contribution in [3.05, 3.63) is 170 Å². The lowest BCUT2D eigenvalue weighted by Gasteiger charge is -2.30. The molecule has 0 aliphatic carbocycles. The van der Waals surface area contributed by atoms with Gasteiger partial charge in [0.25, 0.3) is 0 Å². The summed E-state index contributed by atoms with van der Waals surface area (Å²) in [6.07, 6.45) is 0. The van der Waals surface area contributed by atoms with Crippen LogP contribution < -0.4 is 4.90 Å². The second-order valence-corrected chi connectivity index (χ2v) is 10.8. The van der Waals surface area contributed by atoms with Crippen LogP contribution in [0, 0.1) is 0 Å². The van der Waals surface area contributed by atoms with Gasteiger partial charge >= 0.3 is 0 Å². The first-order valence-electron chi connectivity index (χ1n) is 14.7. The van der Waals surface area contributed by atoms with E-state index in [2.05, 4.69) is 175 Å². The van der Waals surface area contributed by atoms with Crippen molar-refractivity contribution in [2.24, 2.45) is 0 Å². The third-order valence-electron chi connectivity index (χ3n) is 8.24. The van der Waals surface area contributed by atoms with Crippen molar-refractivity contribution in [2.75, 3.05) is 4.90 Å². The maximum Gasteiger partial charge on any atom is 0.146 e. The third kappa shape index (κ3) is 4.41. The van der Waals surface area contributed by atoms with Crippen LogP contribution >= 0.6 is 0 Å². The molecule has 0 unspecified atom stereocenters. The molecule has 0 N–H and O–H groups in total. The van der Waals surface area contributed by atoms with E-state index in [1.807, 2.05) is 0 Å². The number of pyridine rings is 1. The highest BCUT2D eigenvalue weighted by Crippen LogP contribution is 2.46. The highest BCUT2D eigenvalue weighted by molar-refractivity contribution is 6.13. The Hall–Kier alpha value is -5.73. The van der Waals surface area contributed by atoms with E-state index in [-0.39, 0.29) is 0 Å². The third-order valence-corrected chi connectivity index (χ3v) is 8.24. The van der Waals surface area contributed by atoms with Gasteiger partial charge in [-0.15, -0.1) is 0 Å². The molecule has 2 nitrogen and oxygen atoms in total. The van der Waals surface area contributed by atoms with Gasteiger partial charge in [-0.05, 0) is 51.7 Å². The smallest absolute Gasteiger partial charge is 0.146 e. The number of aromatic nitrogens is 1. The Morgan fingerprint density at radius 2 is 0.977 bits per heavy atom. The van der Waals surface area contributed by atoms with Crippen LogP contribution in [0.15, 0.2) is 170 Å². The molecule has 8 rings (SSSR count). The molecule has 1 aromatic heterocycles. The molecule has 0 aliphatic heterocycles. The van der Waals surface area contributed by atoms with Crippen molar-refractivity contribution < 1.29 is 0 Å². The zero-order chi connectivity index (χ0) is 28.6. The fourth-order valence-corrected chi connectivity index (χ4v) is 6.21. The number of rotatable bonds is 5. The number of hydrogen-bond acceptors (Lipinski definition) is 2. The van der Waals surface area contributed by atoms with Crippen molar-refractivity contribution in [2.45, 2.75) is 0 Å². The summed E-state index contributed by atoms with van der Waals surface area (Å²) in [4.78, 5) is 7.77. The monoisotopic (exact) mass is 548 g/mol. The minimum Gasteiger partial charge on any atom is -0.293 e. The summed E-state index contributed by atoms with van der Waals surface area (Å²) in [5, 5.41) is 5.82. The molecule has 0 aliphatic rings. The number of anilines is 3. The van der Waals surface area contributed by atoms with E-state index in [0.717, 1.165) is 44.6 Å². The van der Waals surface area contributed by atoms with Gasteiger partial charge in [0.05, 0.1) is 16.9 Å². The highest BCUT2D eigenvalue weighted by Gasteiger charge is 2.23. The largest absolute Gasteiger partial charge is 0.293 e. The topological polar surface area (TPSA) is 16.1 Å². The predicted molar refractivity (Wildman–Crippen MR) is 182 cm³/mol. The van der Waals surface area contributed by atoms with E-state index in [1.165, 1.54) is 27.3 Å². The maximum atomic E-state index is 5.40. The first-order valence-corrected chi connectivity index (χ1v) is 14.7. The lowest BCUT2D eigenvalue weighted by Crippen LogP contribution is -2.14. The fourth-order valence-electron chi connectivity index (χ4n) is 6.21. The first-order chi connectivity index (χ1) is 21.3. The SMILES string of the molecule is c1ccc(-c2ccc(N(c3cccc4ccccc34)c3nc4ccccc4c4ccccc34)c(-c3ccccc3)c2)cc1. The molecule has 202 valence electrons. The molecule has 0 radical (unpaired) electrons. The predicted octanol–water partition coefficient (Wildman–Crippen LogP) is 11.3. The molecule has 7 aromatic carbocycles. The molecule has 0 fully saturated rings. The Bertz CT molecular complexity index is 2230. The Kier molecular flexibility index (Phi) is 6.16. The van der Waals surface area contributed by atoms with Crippen molar-refractivity contribution in [3.8, 4) is 22.3 Å². The quantitative estimate of drug-likeness (QED) is 0.199. The van der Waals surface area contributed by atoms with Crippen LogP contribution in [0.5, 0.6) is 0 Å². The molecule has 43 heavy (non-hydrogen) atoms. The number of benzene rings is 7. The van der Waals surface area contributed by atoms with Crippen molar-refractivity contribution in [1.29, 1.82) is 0 Å². The first kappa shape index (κ1) is 25.0. The average Bonchev–Trinajstić information content (AvgIpc) is 3.09. The molecule has 2 heteroatoms. The van der Waals surface area contributed by atoms with Crippen LogP contribution in [0.25, 0.3) is 54.7 Å². The van der Waals surface area contributed by atoms with Crippen LogP contribution in [0.1, 0.15) is 0 Å². The van der Waals surface area contributed by atoms with Gasteiger partial charge in [0, 0.05) is 21.7 Å². The van der Waals surface area contributed by atoms with E-state index >= 15 is 0 Å². The van der Waals surface area contributed by atoms with E-state index in [9.17, 15) is 0 Å². The molecular weight excluding hydrogens is 520 g/mol. The molecule has 0 bridgehead atoms. The van der Waals surface area contributed by atoms with Crippen molar-refractivity contribution in [3.63, 3.8) is 0 Å². The Labute approximate surface area is 251 Å². The standard InChI is InChI=1S/C41H28N2/c1-3-14-29(15-4-1)32-26-27-40(37(28-32)31-16-5-2-6-17-31)43(39-25-13-19-30-18-7-8-20-33(30)39)41-36-23-10-9-21-34(36)35-22-11-12-24-38(35)42-41/h1-28H. The zero-order valence-electron chi connectivity index (χ0n) is 23.6. The van der Waals surface area contributed by atoms with Gasteiger partial charge in [-0.3, -0.25) is 4.90 Å². The lowest BCUT2D eigenvalue weighted by atomic mass is 9.95. The Morgan fingerprint density at radius 3 is 1.77 bits per heavy atom. The molecule has 0 atom stereocenters. The molecular formula is C41H28N2. The number of fused-ring (bicyclic) bond motifs is 4. The average molecular weight is 549 g/mol. The van der Waals surface area contributed by atoms with Crippen LogP contribution in [-0.4, -0.2) is 4.98 Å². The fraction of sp³-hybridized carbons (Fsp3) is 0. The van der Waals surface area contributed by atoms with Crippen LogP contribution in [0.3, 0.4) is 0 Å². The van der Waals surface area contributed by atoms with Gasteiger partial charge in [-0.2, -0.15) is 0 Å². The summed E-state index contributed by atoms with van der Waals surface area (Å²) in [7, 11) is 0. The second kappa shape index (κ2) is 10.6. The summed E-state index contributed by atoms with van der Waals surface area (Å²) in [6, 6.07) is 60.3. The van der Waals surface area contributed by atoms with Crippen LogP contribution in [0.2, 0.25) is 0 Å². The van der Waals surface area contributed by atoms with Crippen LogP contribution in [-0.2, 0) is 0 Å². The van der Waals surface area contributed by atoms with Gasteiger partial charge in [0.2, 0.25) is 0 Å². The summed E-state index contributed by atoms with van der Waals surface area (Å²) in [5.41, 5.74) is 7.82. The zero-order valence-corrected chi connectivity index (χ0v) is 23.6. The van der Waals surface area contributed by atoms with Gasteiger partial charge in [0.15, 0.2) is 0 Å². The minimum absolute atomic E-state index is 0.912. The summed E-state index contributed by atoms with van der Waals surface area (Å²) in [6.45, 7) is 0. The van der Waals surface area contributed by atoms with Gasteiger partial charge in [0.1, 0.15) is 5.82 Å². The minimum atomic E-state index is 0.912. The summed E-state index contributed by atoms with van der Waals surface area (Å²) >= 11 is 0. The molecule has 0 amide bonds. The molecule has 8 aromatic rings. The number of para-hydroxylation sites is 1. The molecule has 1 heterocycles. The molecule has 0 spiro atoms. The van der Waals surface area contributed by atoms with E-state index in [4.69, 9.17) is 4.98 Å². The lowest BCUT2D eigenvalue weighted by molar-refractivity contribution is 1.23. The second-order valence-electron chi connectivity index (χ2n) is 10.8.